The van der Waals surface area contributed by atoms with Crippen LogP contribution in [0.1, 0.15) is 45.8 Å². The molecule has 0 aliphatic carbocycles. The van der Waals surface area contributed by atoms with E-state index in [1.165, 1.54) is 17.6 Å². The van der Waals surface area contributed by atoms with Crippen molar-refractivity contribution in [3.05, 3.63) is 21.4 Å². The third-order valence-corrected chi connectivity index (χ3v) is 5.91. The number of esters is 1. The minimum Gasteiger partial charge on any atom is -0.469 e. The molecule has 0 atom stereocenters. The molecule has 3 heterocycles. The minimum absolute atomic E-state index is 0. The van der Waals surface area contributed by atoms with E-state index in [4.69, 9.17) is 4.74 Å². The lowest BCUT2D eigenvalue weighted by atomic mass is 9.83. The number of carbonyl (C=O) groups excluding carboxylic acids is 2. The van der Waals surface area contributed by atoms with Gasteiger partial charge in [-0.15, -0.1) is 23.7 Å². The first-order valence-electron chi connectivity index (χ1n) is 8.47. The van der Waals surface area contributed by atoms with Crippen LogP contribution >= 0.6 is 23.7 Å². The molecule has 25 heavy (non-hydrogen) atoms. The largest absolute Gasteiger partial charge is 0.469 e. The van der Waals surface area contributed by atoms with Gasteiger partial charge in [0.2, 0.25) is 0 Å². The normalized spacial score (nSPS) is 18.1. The summed E-state index contributed by atoms with van der Waals surface area (Å²) in [6.07, 6.45) is 3.70. The van der Waals surface area contributed by atoms with Crippen molar-refractivity contribution in [1.82, 2.24) is 10.6 Å². The lowest BCUT2D eigenvalue weighted by Gasteiger charge is -2.40. The van der Waals surface area contributed by atoms with Crippen molar-refractivity contribution < 1.29 is 19.1 Å². The summed E-state index contributed by atoms with van der Waals surface area (Å²) in [6, 6.07) is 2.01. The highest BCUT2D eigenvalue weighted by Gasteiger charge is 2.40. The van der Waals surface area contributed by atoms with Gasteiger partial charge in [-0.3, -0.25) is 9.59 Å². The Morgan fingerprint density at radius 1 is 1.40 bits per heavy atom. The van der Waals surface area contributed by atoms with Crippen LogP contribution in [-0.2, 0) is 26.3 Å². The average Bonchev–Trinajstić information content (AvgIpc) is 3.05. The first kappa shape index (κ1) is 20.2. The summed E-state index contributed by atoms with van der Waals surface area (Å²) in [5, 5.41) is 6.26. The summed E-state index contributed by atoms with van der Waals surface area (Å²) >= 11 is 1.58. The van der Waals surface area contributed by atoms with Crippen molar-refractivity contribution in [1.29, 1.82) is 0 Å². The Labute approximate surface area is 158 Å². The van der Waals surface area contributed by atoms with Crippen LogP contribution in [0.4, 0.5) is 0 Å². The number of rotatable bonds is 5. The maximum atomic E-state index is 12.4. The number of ether oxygens (including phenoxy) is 2. The lowest BCUT2D eigenvalue weighted by molar-refractivity contribution is -0.140. The monoisotopic (exact) mass is 388 g/mol. The highest BCUT2D eigenvalue weighted by molar-refractivity contribution is 7.14. The molecular weight excluding hydrogens is 364 g/mol. The Bertz CT molecular complexity index is 614. The molecule has 3 rings (SSSR count). The van der Waals surface area contributed by atoms with Crippen molar-refractivity contribution in [3.8, 4) is 0 Å². The predicted octanol–water partition coefficient (Wildman–Crippen LogP) is 2.00. The highest BCUT2D eigenvalue weighted by Crippen LogP contribution is 2.43. The molecule has 1 spiro atoms. The van der Waals surface area contributed by atoms with Gasteiger partial charge in [0.25, 0.3) is 5.91 Å². The summed E-state index contributed by atoms with van der Waals surface area (Å²) < 4.78 is 10.7. The molecule has 0 unspecified atom stereocenters. The Morgan fingerprint density at radius 3 is 2.88 bits per heavy atom. The molecule has 8 heteroatoms. The number of methoxy groups -OCH3 is 1. The highest BCUT2D eigenvalue weighted by atomic mass is 35.5. The standard InChI is InChI=1S/C17H24N2O4S.ClH/c1-22-15(20)3-2-7-19-16(21)14-11-12-13(24-14)4-10-23-17(12)5-8-18-9-6-17;/h11,18H,2-10H2,1H3,(H,19,21);1H. The fourth-order valence-corrected chi connectivity index (χ4v) is 4.54. The van der Waals surface area contributed by atoms with Gasteiger partial charge < -0.3 is 20.1 Å². The van der Waals surface area contributed by atoms with E-state index in [1.54, 1.807) is 11.3 Å². The van der Waals surface area contributed by atoms with Gasteiger partial charge in [0, 0.05) is 24.3 Å². The molecule has 1 fully saturated rings. The Morgan fingerprint density at radius 2 is 2.16 bits per heavy atom. The van der Waals surface area contributed by atoms with Crippen molar-refractivity contribution in [3.63, 3.8) is 0 Å². The van der Waals surface area contributed by atoms with Crippen LogP contribution in [0.15, 0.2) is 6.07 Å². The molecule has 2 aliphatic heterocycles. The summed E-state index contributed by atoms with van der Waals surface area (Å²) in [6.45, 7) is 3.10. The van der Waals surface area contributed by atoms with Crippen LogP contribution in [0.3, 0.4) is 0 Å². The zero-order chi connectivity index (χ0) is 17.0. The maximum absolute atomic E-state index is 12.4. The van der Waals surface area contributed by atoms with E-state index >= 15 is 0 Å². The SMILES string of the molecule is COC(=O)CCCNC(=O)c1cc2c(s1)CCOC21CCNCC1.Cl. The lowest BCUT2D eigenvalue weighted by Crippen LogP contribution is -2.44. The number of halogens is 1. The number of fused-ring (bicyclic) bond motifs is 2. The molecule has 1 saturated heterocycles. The smallest absolute Gasteiger partial charge is 0.305 e. The van der Waals surface area contributed by atoms with Gasteiger partial charge in [0.1, 0.15) is 0 Å². The molecule has 1 amide bonds. The van der Waals surface area contributed by atoms with Gasteiger partial charge in [-0.1, -0.05) is 0 Å². The molecule has 0 bridgehead atoms. The zero-order valence-corrected chi connectivity index (χ0v) is 16.0. The molecule has 6 nitrogen and oxygen atoms in total. The van der Waals surface area contributed by atoms with Crippen molar-refractivity contribution >= 4 is 35.6 Å². The average molecular weight is 389 g/mol. The summed E-state index contributed by atoms with van der Waals surface area (Å²) in [7, 11) is 1.37. The van der Waals surface area contributed by atoms with Gasteiger partial charge in [-0.2, -0.15) is 0 Å². The number of thiophene rings is 1. The van der Waals surface area contributed by atoms with Crippen LogP contribution in [0.5, 0.6) is 0 Å². The van der Waals surface area contributed by atoms with Gasteiger partial charge >= 0.3 is 5.97 Å². The van der Waals surface area contributed by atoms with E-state index < -0.39 is 0 Å². The van der Waals surface area contributed by atoms with E-state index in [9.17, 15) is 9.59 Å². The molecule has 140 valence electrons. The topological polar surface area (TPSA) is 76.7 Å². The number of nitrogens with one attached hydrogen (secondary N) is 2. The number of amides is 1. The van der Waals surface area contributed by atoms with Gasteiger partial charge in [0.15, 0.2) is 0 Å². The number of piperidine rings is 1. The van der Waals surface area contributed by atoms with Crippen LogP contribution < -0.4 is 10.6 Å². The van der Waals surface area contributed by atoms with Crippen LogP contribution in [-0.4, -0.2) is 45.2 Å². The summed E-state index contributed by atoms with van der Waals surface area (Å²) in [4.78, 5) is 25.5. The van der Waals surface area contributed by atoms with E-state index in [1.807, 2.05) is 6.07 Å². The van der Waals surface area contributed by atoms with Crippen LogP contribution in [0.2, 0.25) is 0 Å². The van der Waals surface area contributed by atoms with E-state index in [0.29, 0.717) is 19.4 Å². The summed E-state index contributed by atoms with van der Waals surface area (Å²) in [5.74, 6) is -0.316. The van der Waals surface area contributed by atoms with Crippen LogP contribution in [0.25, 0.3) is 0 Å². The van der Waals surface area contributed by atoms with E-state index in [-0.39, 0.29) is 29.9 Å². The van der Waals surface area contributed by atoms with Crippen molar-refractivity contribution in [2.24, 2.45) is 0 Å². The molecule has 0 saturated carbocycles. The fourth-order valence-electron chi connectivity index (χ4n) is 3.40. The molecule has 1 aromatic rings. The Hall–Kier alpha value is -1.15. The number of hydrogen-bond donors (Lipinski definition) is 2. The van der Waals surface area contributed by atoms with Gasteiger partial charge in [-0.05, 0) is 44.0 Å². The molecule has 0 aromatic carbocycles. The van der Waals surface area contributed by atoms with E-state index in [0.717, 1.165) is 43.8 Å². The molecule has 2 N–H and O–H groups in total. The third-order valence-electron chi connectivity index (χ3n) is 4.71. The Kier molecular flexibility index (Phi) is 7.25. The second-order valence-corrected chi connectivity index (χ2v) is 7.36. The number of carbonyl (C=O) groups is 2. The number of hydrogen-bond acceptors (Lipinski definition) is 6. The van der Waals surface area contributed by atoms with Crippen LogP contribution in [0, 0.1) is 0 Å². The van der Waals surface area contributed by atoms with Crippen molar-refractivity contribution in [2.45, 2.75) is 37.7 Å². The zero-order valence-electron chi connectivity index (χ0n) is 14.4. The van der Waals surface area contributed by atoms with Crippen molar-refractivity contribution in [2.75, 3.05) is 33.4 Å². The molecule has 2 aliphatic rings. The molecule has 1 aromatic heterocycles. The minimum atomic E-state index is -0.249. The summed E-state index contributed by atoms with van der Waals surface area (Å²) in [5.41, 5.74) is 0.999. The van der Waals surface area contributed by atoms with Gasteiger partial charge in [0.05, 0.1) is 24.2 Å². The first-order valence-corrected chi connectivity index (χ1v) is 9.29. The third kappa shape index (κ3) is 4.53. The predicted molar refractivity (Wildman–Crippen MR) is 98.6 cm³/mol. The fraction of sp³-hybridized carbons (Fsp3) is 0.647. The maximum Gasteiger partial charge on any atom is 0.305 e. The second-order valence-electron chi connectivity index (χ2n) is 6.23. The quantitative estimate of drug-likeness (QED) is 0.596. The molecular formula is C17H25ClN2O4S. The van der Waals surface area contributed by atoms with E-state index in [2.05, 4.69) is 15.4 Å². The Balaban J connectivity index is 0.00000225. The first-order chi connectivity index (χ1) is 11.6. The second kappa shape index (κ2) is 8.98. The molecule has 0 radical (unpaired) electrons. The van der Waals surface area contributed by atoms with Gasteiger partial charge in [-0.25, -0.2) is 0 Å².